The molecule has 4 nitrogen and oxygen atoms in total. The summed E-state index contributed by atoms with van der Waals surface area (Å²) in [7, 11) is 0. The average molecular weight is 278 g/mol. The summed E-state index contributed by atoms with van der Waals surface area (Å²) in [6, 6.07) is 16.3. The van der Waals surface area contributed by atoms with Crippen LogP contribution >= 0.6 is 0 Å². The molecule has 0 aliphatic rings. The molecule has 3 aromatic rings. The predicted molar refractivity (Wildman–Crippen MR) is 84.9 cm³/mol. The van der Waals surface area contributed by atoms with Gasteiger partial charge in [-0.3, -0.25) is 10.2 Å². The number of rotatable bonds is 2. The number of nitrogens with one attached hydrogen (secondary N) is 2. The smallest absolute Gasteiger partial charge is 0.193 e. The maximum Gasteiger partial charge on any atom is 0.193 e. The standard InChI is InChI=1S/C17H14N2O2/c1-11(18)19-13-7-8-16-14(9-13)15(20)10-17(21-16)12-5-3-2-4-6-12/h2-10H,1H3,(H2,18,19). The molecule has 3 rings (SSSR count). The number of hydrogen-bond acceptors (Lipinski definition) is 3. The highest BCUT2D eigenvalue weighted by molar-refractivity contribution is 5.93. The Kier molecular flexibility index (Phi) is 3.28. The van der Waals surface area contributed by atoms with Crippen molar-refractivity contribution in [3.05, 3.63) is 64.8 Å². The van der Waals surface area contributed by atoms with Crippen molar-refractivity contribution in [2.75, 3.05) is 5.32 Å². The zero-order chi connectivity index (χ0) is 14.8. The van der Waals surface area contributed by atoms with E-state index in [0.717, 1.165) is 5.56 Å². The lowest BCUT2D eigenvalue weighted by Gasteiger charge is -2.06. The maximum absolute atomic E-state index is 12.3. The fourth-order valence-corrected chi connectivity index (χ4v) is 2.20. The van der Waals surface area contributed by atoms with E-state index in [4.69, 9.17) is 9.83 Å². The van der Waals surface area contributed by atoms with E-state index in [2.05, 4.69) is 5.32 Å². The van der Waals surface area contributed by atoms with Crippen molar-refractivity contribution in [2.24, 2.45) is 0 Å². The second kappa shape index (κ2) is 5.25. The average Bonchev–Trinajstić information content (AvgIpc) is 2.48. The van der Waals surface area contributed by atoms with Gasteiger partial charge in [0.05, 0.1) is 11.2 Å². The van der Waals surface area contributed by atoms with Crippen LogP contribution in [-0.2, 0) is 0 Å². The molecule has 0 amide bonds. The van der Waals surface area contributed by atoms with E-state index in [0.29, 0.717) is 28.3 Å². The molecular formula is C17H14N2O2. The van der Waals surface area contributed by atoms with Gasteiger partial charge in [-0.15, -0.1) is 0 Å². The number of fused-ring (bicyclic) bond motifs is 1. The Bertz CT molecular complexity index is 867. The van der Waals surface area contributed by atoms with E-state index in [1.807, 2.05) is 30.3 Å². The minimum atomic E-state index is -0.0959. The largest absolute Gasteiger partial charge is 0.456 e. The maximum atomic E-state index is 12.3. The molecule has 0 fully saturated rings. The third-order valence-electron chi connectivity index (χ3n) is 3.12. The van der Waals surface area contributed by atoms with Crippen LogP contribution in [0.4, 0.5) is 5.69 Å². The SMILES string of the molecule is CC(=N)Nc1ccc2oc(-c3ccccc3)cc(=O)c2c1. The van der Waals surface area contributed by atoms with Crippen LogP contribution in [0.25, 0.3) is 22.3 Å². The molecule has 2 N–H and O–H groups in total. The lowest BCUT2D eigenvalue weighted by Crippen LogP contribution is -2.06. The lowest BCUT2D eigenvalue weighted by molar-refractivity contribution is 0.619. The van der Waals surface area contributed by atoms with Gasteiger partial charge in [0.2, 0.25) is 0 Å². The normalized spacial score (nSPS) is 10.5. The summed E-state index contributed by atoms with van der Waals surface area (Å²) in [6.07, 6.45) is 0. The highest BCUT2D eigenvalue weighted by Gasteiger charge is 2.07. The van der Waals surface area contributed by atoms with Crippen molar-refractivity contribution < 1.29 is 4.42 Å². The Hall–Kier alpha value is -2.88. The van der Waals surface area contributed by atoms with Crippen LogP contribution in [0.5, 0.6) is 0 Å². The molecule has 1 heterocycles. The summed E-state index contributed by atoms with van der Waals surface area (Å²) in [4.78, 5) is 12.3. The van der Waals surface area contributed by atoms with Crippen LogP contribution in [0, 0.1) is 5.41 Å². The van der Waals surface area contributed by atoms with Gasteiger partial charge in [-0.05, 0) is 25.1 Å². The topological polar surface area (TPSA) is 66.1 Å². The van der Waals surface area contributed by atoms with Crippen molar-refractivity contribution in [1.29, 1.82) is 5.41 Å². The number of hydrogen-bond donors (Lipinski definition) is 2. The summed E-state index contributed by atoms with van der Waals surface area (Å²) in [5, 5.41) is 10.8. The van der Waals surface area contributed by atoms with Crippen molar-refractivity contribution in [2.45, 2.75) is 6.92 Å². The van der Waals surface area contributed by atoms with E-state index >= 15 is 0 Å². The molecule has 2 aromatic carbocycles. The molecule has 0 saturated carbocycles. The van der Waals surface area contributed by atoms with Crippen molar-refractivity contribution in [3.8, 4) is 11.3 Å². The van der Waals surface area contributed by atoms with E-state index in [-0.39, 0.29) is 5.43 Å². The zero-order valence-corrected chi connectivity index (χ0v) is 11.5. The van der Waals surface area contributed by atoms with E-state index in [9.17, 15) is 4.79 Å². The highest BCUT2D eigenvalue weighted by Crippen LogP contribution is 2.23. The molecule has 0 unspecified atom stereocenters. The first-order chi connectivity index (χ1) is 10.1. The van der Waals surface area contributed by atoms with Crippen LogP contribution in [0.15, 0.2) is 63.8 Å². The van der Waals surface area contributed by atoms with Gasteiger partial charge in [0.1, 0.15) is 11.3 Å². The summed E-state index contributed by atoms with van der Waals surface area (Å²) in [5.41, 5.74) is 2.01. The minimum Gasteiger partial charge on any atom is -0.456 e. The number of amidine groups is 1. The Labute approximate surface area is 121 Å². The van der Waals surface area contributed by atoms with Gasteiger partial charge in [0.25, 0.3) is 0 Å². The molecule has 0 aliphatic heterocycles. The number of anilines is 1. The highest BCUT2D eigenvalue weighted by atomic mass is 16.3. The molecule has 0 radical (unpaired) electrons. The Balaban J connectivity index is 2.14. The molecule has 0 spiro atoms. The van der Waals surface area contributed by atoms with Gasteiger partial charge < -0.3 is 9.73 Å². The van der Waals surface area contributed by atoms with Gasteiger partial charge in [-0.1, -0.05) is 30.3 Å². The first-order valence-corrected chi connectivity index (χ1v) is 6.59. The predicted octanol–water partition coefficient (Wildman–Crippen LogP) is 3.87. The Morgan fingerprint density at radius 2 is 1.86 bits per heavy atom. The molecule has 0 atom stereocenters. The Morgan fingerprint density at radius 3 is 2.57 bits per heavy atom. The summed E-state index contributed by atoms with van der Waals surface area (Å²) >= 11 is 0. The second-order valence-corrected chi connectivity index (χ2v) is 4.80. The van der Waals surface area contributed by atoms with Crippen molar-refractivity contribution in [1.82, 2.24) is 0 Å². The third-order valence-corrected chi connectivity index (χ3v) is 3.12. The first-order valence-electron chi connectivity index (χ1n) is 6.59. The van der Waals surface area contributed by atoms with Gasteiger partial charge in [0.15, 0.2) is 5.43 Å². The van der Waals surface area contributed by atoms with Gasteiger partial charge in [-0.2, -0.15) is 0 Å². The van der Waals surface area contributed by atoms with E-state index in [1.54, 1.807) is 25.1 Å². The molecule has 1 aromatic heterocycles. The van der Waals surface area contributed by atoms with Crippen molar-refractivity contribution >= 4 is 22.5 Å². The van der Waals surface area contributed by atoms with Crippen LogP contribution in [0.3, 0.4) is 0 Å². The quantitative estimate of drug-likeness (QED) is 0.552. The minimum absolute atomic E-state index is 0.0959. The van der Waals surface area contributed by atoms with Gasteiger partial charge >= 0.3 is 0 Å². The Morgan fingerprint density at radius 1 is 1.10 bits per heavy atom. The van der Waals surface area contributed by atoms with E-state index < -0.39 is 0 Å². The van der Waals surface area contributed by atoms with Crippen LogP contribution < -0.4 is 10.7 Å². The zero-order valence-electron chi connectivity index (χ0n) is 11.5. The van der Waals surface area contributed by atoms with Gasteiger partial charge in [-0.25, -0.2) is 0 Å². The van der Waals surface area contributed by atoms with Crippen molar-refractivity contribution in [3.63, 3.8) is 0 Å². The fourth-order valence-electron chi connectivity index (χ4n) is 2.20. The summed E-state index contributed by atoms with van der Waals surface area (Å²) in [5.74, 6) is 0.872. The van der Waals surface area contributed by atoms with Crippen LogP contribution in [0.1, 0.15) is 6.92 Å². The molecule has 21 heavy (non-hydrogen) atoms. The van der Waals surface area contributed by atoms with Crippen LogP contribution in [0.2, 0.25) is 0 Å². The monoisotopic (exact) mass is 278 g/mol. The lowest BCUT2D eigenvalue weighted by atomic mass is 10.1. The molecule has 4 heteroatoms. The first kappa shape index (κ1) is 13.1. The van der Waals surface area contributed by atoms with E-state index in [1.165, 1.54) is 6.07 Å². The molecule has 0 bridgehead atoms. The second-order valence-electron chi connectivity index (χ2n) is 4.80. The van der Waals surface area contributed by atoms with Crippen LogP contribution in [-0.4, -0.2) is 5.84 Å². The molecule has 0 aliphatic carbocycles. The molecular weight excluding hydrogens is 264 g/mol. The molecule has 104 valence electrons. The molecule has 0 saturated heterocycles. The fraction of sp³-hybridized carbons (Fsp3) is 0.0588. The van der Waals surface area contributed by atoms with Gasteiger partial charge in [0, 0.05) is 17.3 Å². The third kappa shape index (κ3) is 2.69. The summed E-state index contributed by atoms with van der Waals surface area (Å²) in [6.45, 7) is 1.64. The number of benzene rings is 2. The summed E-state index contributed by atoms with van der Waals surface area (Å²) < 4.78 is 5.81.